The lowest BCUT2D eigenvalue weighted by Gasteiger charge is -2.05. The number of hydrogen-bond acceptors (Lipinski definition) is 2. The maximum Gasteiger partial charge on any atom is 0.134 e. The summed E-state index contributed by atoms with van der Waals surface area (Å²) in [6.07, 6.45) is 0. The third kappa shape index (κ3) is 2.28. The predicted molar refractivity (Wildman–Crippen MR) is 69.0 cm³/mol. The van der Waals surface area contributed by atoms with Crippen LogP contribution < -0.4 is 0 Å². The predicted octanol–water partition coefficient (Wildman–Crippen LogP) is 4.66. The topological polar surface area (TPSA) is 23.8 Å². The molecule has 0 fully saturated rings. The summed E-state index contributed by atoms with van der Waals surface area (Å²) in [5.41, 5.74) is -0.306. The standard InChI is InChI=1S/C13H6ClF2NS/c14-13(8(7-17)11-5-2-6-18-11)12-9(15)3-1-4-10(12)16/h1-6H. The van der Waals surface area contributed by atoms with Crippen molar-refractivity contribution >= 4 is 33.5 Å². The van der Waals surface area contributed by atoms with Gasteiger partial charge in [0.05, 0.1) is 16.2 Å². The SMILES string of the molecule is N#CC(=C(Cl)c1c(F)cccc1F)c1cccs1. The summed E-state index contributed by atoms with van der Waals surface area (Å²) in [5, 5.41) is 10.6. The van der Waals surface area contributed by atoms with E-state index in [2.05, 4.69) is 0 Å². The van der Waals surface area contributed by atoms with E-state index in [1.54, 1.807) is 17.5 Å². The number of benzene rings is 1. The van der Waals surface area contributed by atoms with Gasteiger partial charge in [0, 0.05) is 4.88 Å². The Labute approximate surface area is 112 Å². The average molecular weight is 282 g/mol. The lowest BCUT2D eigenvalue weighted by atomic mass is 10.1. The van der Waals surface area contributed by atoms with Gasteiger partial charge in [0.15, 0.2) is 0 Å². The third-order valence-electron chi connectivity index (χ3n) is 2.28. The molecule has 2 aromatic rings. The molecule has 90 valence electrons. The quantitative estimate of drug-likeness (QED) is 0.735. The normalized spacial score (nSPS) is 11.9. The van der Waals surface area contributed by atoms with Crippen LogP contribution in [0.1, 0.15) is 10.4 Å². The molecule has 1 aromatic heterocycles. The minimum atomic E-state index is -0.788. The van der Waals surface area contributed by atoms with Gasteiger partial charge in [-0.2, -0.15) is 5.26 Å². The van der Waals surface area contributed by atoms with E-state index in [1.165, 1.54) is 17.4 Å². The van der Waals surface area contributed by atoms with Crippen molar-refractivity contribution < 1.29 is 8.78 Å². The second kappa shape index (κ2) is 5.30. The van der Waals surface area contributed by atoms with Crippen molar-refractivity contribution in [1.29, 1.82) is 5.26 Å². The molecular formula is C13H6ClF2NS. The summed E-state index contributed by atoms with van der Waals surface area (Å²) in [4.78, 5) is 0.574. The van der Waals surface area contributed by atoms with E-state index in [4.69, 9.17) is 16.9 Å². The molecule has 0 atom stereocenters. The minimum absolute atomic E-state index is 0.0654. The van der Waals surface area contributed by atoms with Crippen LogP contribution in [0.5, 0.6) is 0 Å². The first kappa shape index (κ1) is 12.7. The van der Waals surface area contributed by atoms with E-state index in [0.717, 1.165) is 12.1 Å². The highest BCUT2D eigenvalue weighted by atomic mass is 35.5. The fraction of sp³-hybridized carbons (Fsp3) is 0. The summed E-state index contributed by atoms with van der Waals surface area (Å²) in [6.45, 7) is 0. The van der Waals surface area contributed by atoms with Gasteiger partial charge in [-0.1, -0.05) is 23.7 Å². The van der Waals surface area contributed by atoms with Gasteiger partial charge in [0.1, 0.15) is 17.7 Å². The summed E-state index contributed by atoms with van der Waals surface area (Å²) < 4.78 is 27.1. The van der Waals surface area contributed by atoms with Crippen LogP contribution in [0.15, 0.2) is 35.7 Å². The minimum Gasteiger partial charge on any atom is -0.206 e. The molecule has 18 heavy (non-hydrogen) atoms. The molecule has 2 rings (SSSR count). The van der Waals surface area contributed by atoms with Crippen molar-refractivity contribution in [3.05, 3.63) is 57.8 Å². The van der Waals surface area contributed by atoms with Gasteiger partial charge in [-0.25, -0.2) is 8.78 Å². The first-order valence-corrected chi connectivity index (χ1v) is 6.19. The fourth-order valence-corrected chi connectivity index (χ4v) is 2.57. The van der Waals surface area contributed by atoms with Gasteiger partial charge in [-0.05, 0) is 23.6 Å². The summed E-state index contributed by atoms with van der Waals surface area (Å²) in [6, 6.07) is 8.74. The second-order valence-electron chi connectivity index (χ2n) is 3.37. The van der Waals surface area contributed by atoms with E-state index in [-0.39, 0.29) is 16.2 Å². The molecule has 1 nitrogen and oxygen atoms in total. The zero-order chi connectivity index (χ0) is 13.1. The highest BCUT2D eigenvalue weighted by molar-refractivity contribution is 7.11. The van der Waals surface area contributed by atoms with E-state index < -0.39 is 11.6 Å². The molecule has 0 aliphatic rings. The first-order valence-electron chi connectivity index (χ1n) is 4.93. The van der Waals surface area contributed by atoms with Crippen LogP contribution in [0.2, 0.25) is 0 Å². The van der Waals surface area contributed by atoms with Crippen LogP contribution in [0.4, 0.5) is 8.78 Å². The van der Waals surface area contributed by atoms with Gasteiger partial charge in [0.25, 0.3) is 0 Å². The number of allylic oxidation sites excluding steroid dienone is 1. The Kier molecular flexibility index (Phi) is 3.75. The second-order valence-corrected chi connectivity index (χ2v) is 4.70. The average Bonchev–Trinajstić information content (AvgIpc) is 2.83. The first-order chi connectivity index (χ1) is 8.65. The molecule has 0 aliphatic heterocycles. The van der Waals surface area contributed by atoms with Gasteiger partial charge >= 0.3 is 0 Å². The molecule has 0 saturated heterocycles. The van der Waals surface area contributed by atoms with Crippen LogP contribution in [-0.2, 0) is 0 Å². The molecule has 0 unspecified atom stereocenters. The Balaban J connectivity index is 2.66. The highest BCUT2D eigenvalue weighted by Gasteiger charge is 2.17. The lowest BCUT2D eigenvalue weighted by molar-refractivity contribution is 0.578. The number of thiophene rings is 1. The summed E-state index contributed by atoms with van der Waals surface area (Å²) in [7, 11) is 0. The Bertz CT molecular complexity index is 621. The third-order valence-corrected chi connectivity index (χ3v) is 3.55. The van der Waals surface area contributed by atoms with Crippen molar-refractivity contribution in [2.45, 2.75) is 0 Å². The van der Waals surface area contributed by atoms with Crippen molar-refractivity contribution in [3.8, 4) is 6.07 Å². The van der Waals surface area contributed by atoms with Crippen LogP contribution in [0.3, 0.4) is 0 Å². The van der Waals surface area contributed by atoms with Crippen molar-refractivity contribution in [2.24, 2.45) is 0 Å². The van der Waals surface area contributed by atoms with E-state index in [1.807, 2.05) is 6.07 Å². The molecule has 0 spiro atoms. The molecule has 0 radical (unpaired) electrons. The summed E-state index contributed by atoms with van der Waals surface area (Å²) in [5.74, 6) is -1.58. The number of nitriles is 1. The Morgan fingerprint density at radius 3 is 2.33 bits per heavy atom. The number of rotatable bonds is 2. The van der Waals surface area contributed by atoms with Gasteiger partial charge in [-0.15, -0.1) is 11.3 Å². The van der Waals surface area contributed by atoms with Crippen LogP contribution in [0.25, 0.3) is 10.6 Å². The van der Waals surface area contributed by atoms with Crippen LogP contribution >= 0.6 is 22.9 Å². The van der Waals surface area contributed by atoms with E-state index >= 15 is 0 Å². The summed E-state index contributed by atoms with van der Waals surface area (Å²) >= 11 is 7.24. The molecule has 1 aromatic carbocycles. The molecule has 0 bridgehead atoms. The van der Waals surface area contributed by atoms with E-state index in [9.17, 15) is 8.78 Å². The molecule has 0 amide bonds. The zero-order valence-corrected chi connectivity index (χ0v) is 10.5. The van der Waals surface area contributed by atoms with E-state index in [0.29, 0.717) is 4.88 Å². The number of hydrogen-bond donors (Lipinski definition) is 0. The van der Waals surface area contributed by atoms with Gasteiger partial charge in [-0.3, -0.25) is 0 Å². The molecule has 0 aliphatic carbocycles. The Morgan fingerprint density at radius 2 is 1.83 bits per heavy atom. The molecule has 0 N–H and O–H groups in total. The van der Waals surface area contributed by atoms with Gasteiger partial charge in [0.2, 0.25) is 0 Å². The smallest absolute Gasteiger partial charge is 0.134 e. The molecule has 5 heteroatoms. The van der Waals surface area contributed by atoms with Crippen molar-refractivity contribution in [1.82, 2.24) is 0 Å². The highest BCUT2D eigenvalue weighted by Crippen LogP contribution is 2.34. The molecule has 0 saturated carbocycles. The van der Waals surface area contributed by atoms with Gasteiger partial charge < -0.3 is 0 Å². The number of halogens is 3. The van der Waals surface area contributed by atoms with Crippen molar-refractivity contribution in [2.75, 3.05) is 0 Å². The monoisotopic (exact) mass is 281 g/mol. The van der Waals surface area contributed by atoms with Crippen LogP contribution in [0, 0.1) is 23.0 Å². The number of nitrogens with zero attached hydrogens (tertiary/aromatic N) is 1. The Morgan fingerprint density at radius 1 is 1.17 bits per heavy atom. The fourth-order valence-electron chi connectivity index (χ4n) is 1.47. The molecule has 1 heterocycles. The lowest BCUT2D eigenvalue weighted by Crippen LogP contribution is -1.93. The largest absolute Gasteiger partial charge is 0.206 e. The maximum absolute atomic E-state index is 13.6. The van der Waals surface area contributed by atoms with Crippen molar-refractivity contribution in [3.63, 3.8) is 0 Å². The van der Waals surface area contributed by atoms with Crippen LogP contribution in [-0.4, -0.2) is 0 Å². The maximum atomic E-state index is 13.6. The zero-order valence-electron chi connectivity index (χ0n) is 8.95. The molecular weight excluding hydrogens is 276 g/mol. The Hall–Kier alpha value is -1.70.